The van der Waals surface area contributed by atoms with Gasteiger partial charge in [-0.05, 0) is 18.6 Å². The first kappa shape index (κ1) is 20.5. The van der Waals surface area contributed by atoms with Crippen LogP contribution in [0.25, 0.3) is 21.6 Å². The van der Waals surface area contributed by atoms with E-state index in [0.717, 1.165) is 23.7 Å². The normalized spacial score (nSPS) is 11.2. The topological polar surface area (TPSA) is 56.6 Å². The van der Waals surface area contributed by atoms with E-state index >= 15 is 0 Å². The van der Waals surface area contributed by atoms with Crippen LogP contribution in [0, 0.1) is 0 Å². The Hall–Kier alpha value is -2.22. The summed E-state index contributed by atoms with van der Waals surface area (Å²) < 4.78 is 12.6. The van der Waals surface area contributed by atoms with Crippen molar-refractivity contribution < 1.29 is 14.3 Å². The first-order valence-corrected chi connectivity index (χ1v) is 10.4. The van der Waals surface area contributed by atoms with Crippen LogP contribution < -0.4 is 0 Å². The van der Waals surface area contributed by atoms with Gasteiger partial charge in [-0.2, -0.15) is 0 Å². The molecule has 1 amide bonds. The summed E-state index contributed by atoms with van der Waals surface area (Å²) in [4.78, 5) is 19.3. The minimum absolute atomic E-state index is 0.0882. The molecule has 0 saturated heterocycles. The minimum atomic E-state index is -0.0882. The first-order chi connectivity index (χ1) is 13.7. The van der Waals surface area contributed by atoms with E-state index in [0.29, 0.717) is 32.0 Å². The van der Waals surface area contributed by atoms with Crippen LogP contribution in [0.5, 0.6) is 0 Å². The molecular formula is C21H27N3O3S. The molecule has 150 valence electrons. The van der Waals surface area contributed by atoms with Crippen molar-refractivity contribution >= 4 is 28.1 Å². The third-order valence-electron chi connectivity index (χ3n) is 4.62. The van der Waals surface area contributed by atoms with Crippen LogP contribution in [0.2, 0.25) is 0 Å². The lowest BCUT2D eigenvalue weighted by Crippen LogP contribution is -2.36. The van der Waals surface area contributed by atoms with Crippen LogP contribution in [-0.4, -0.2) is 60.9 Å². The summed E-state index contributed by atoms with van der Waals surface area (Å²) in [7, 11) is 3.26. The summed E-state index contributed by atoms with van der Waals surface area (Å²) in [6.07, 6.45) is 1.03. The molecule has 2 aromatic heterocycles. The molecule has 3 aromatic rings. The molecule has 3 rings (SSSR count). The van der Waals surface area contributed by atoms with E-state index in [4.69, 9.17) is 9.47 Å². The number of amides is 1. The molecule has 0 radical (unpaired) electrons. The largest absolute Gasteiger partial charge is 0.383 e. The smallest absolute Gasteiger partial charge is 0.273 e. The average molecular weight is 402 g/mol. The number of hydrogen-bond acceptors (Lipinski definition) is 5. The van der Waals surface area contributed by atoms with Gasteiger partial charge >= 0.3 is 0 Å². The predicted octanol–water partition coefficient (Wildman–Crippen LogP) is 3.91. The molecule has 0 atom stereocenters. The van der Waals surface area contributed by atoms with Crippen LogP contribution in [0.1, 0.15) is 23.8 Å². The summed E-state index contributed by atoms with van der Waals surface area (Å²) in [5.41, 5.74) is 2.73. The number of hydrogen-bond donors (Lipinski definition) is 0. The molecule has 0 N–H and O–H groups in total. The monoisotopic (exact) mass is 401 g/mol. The van der Waals surface area contributed by atoms with Crippen LogP contribution >= 0.6 is 11.3 Å². The Balaban J connectivity index is 1.89. The highest BCUT2D eigenvalue weighted by atomic mass is 32.1. The number of aryl methyl sites for hydroxylation is 1. The van der Waals surface area contributed by atoms with Crippen molar-refractivity contribution in [2.24, 2.45) is 0 Å². The molecule has 0 aliphatic carbocycles. The lowest BCUT2D eigenvalue weighted by molar-refractivity contribution is 0.0622. The van der Waals surface area contributed by atoms with Gasteiger partial charge in [-0.15, -0.1) is 11.3 Å². The van der Waals surface area contributed by atoms with Crippen LogP contribution in [-0.2, 0) is 16.0 Å². The highest BCUT2D eigenvalue weighted by Gasteiger charge is 2.20. The van der Waals surface area contributed by atoms with Gasteiger partial charge in [-0.3, -0.25) is 4.79 Å². The standard InChI is InChI=1S/C21H27N3O3S/c1-4-9-24-18-8-6-5-7-16(18)14-19(24)20-22-17(15-28-20)21(25)23(10-12-26-2)11-13-27-3/h5-8,14-15H,4,9-13H2,1-3H3. The Morgan fingerprint density at radius 2 is 1.89 bits per heavy atom. The van der Waals surface area contributed by atoms with E-state index in [1.165, 1.54) is 22.2 Å². The second kappa shape index (κ2) is 9.82. The third kappa shape index (κ3) is 4.43. The Morgan fingerprint density at radius 3 is 2.57 bits per heavy atom. The van der Waals surface area contributed by atoms with Crippen molar-refractivity contribution in [3.8, 4) is 10.7 Å². The summed E-state index contributed by atoms with van der Waals surface area (Å²) in [6.45, 7) is 5.08. The van der Waals surface area contributed by atoms with Crippen molar-refractivity contribution in [1.29, 1.82) is 0 Å². The molecule has 7 heteroatoms. The molecule has 0 aliphatic rings. The van der Waals surface area contributed by atoms with Crippen LogP contribution in [0.15, 0.2) is 35.7 Å². The van der Waals surface area contributed by atoms with E-state index in [2.05, 4.69) is 40.7 Å². The van der Waals surface area contributed by atoms with Gasteiger partial charge < -0.3 is 18.9 Å². The lowest BCUT2D eigenvalue weighted by atomic mass is 10.2. The first-order valence-electron chi connectivity index (χ1n) is 9.50. The number of benzene rings is 1. The molecule has 0 saturated carbocycles. The van der Waals surface area contributed by atoms with Gasteiger partial charge in [0, 0.05) is 50.1 Å². The molecule has 0 unspecified atom stereocenters. The number of thiazole rings is 1. The molecule has 0 fully saturated rings. The van der Waals surface area contributed by atoms with Crippen molar-refractivity contribution in [1.82, 2.24) is 14.5 Å². The Labute approximate surface area is 169 Å². The number of fused-ring (bicyclic) bond motifs is 1. The van der Waals surface area contributed by atoms with E-state index in [1.807, 2.05) is 11.4 Å². The molecule has 1 aromatic carbocycles. The van der Waals surface area contributed by atoms with Gasteiger partial charge in [0.1, 0.15) is 10.7 Å². The SMILES string of the molecule is CCCn1c(-c2nc(C(=O)N(CCOC)CCOC)cs2)cc2ccccc21. The van der Waals surface area contributed by atoms with Gasteiger partial charge in [0.25, 0.3) is 5.91 Å². The van der Waals surface area contributed by atoms with Crippen LogP contribution in [0.4, 0.5) is 0 Å². The number of aromatic nitrogens is 2. The highest BCUT2D eigenvalue weighted by molar-refractivity contribution is 7.13. The van der Waals surface area contributed by atoms with Gasteiger partial charge in [-0.25, -0.2) is 4.98 Å². The molecular weight excluding hydrogens is 374 g/mol. The summed E-state index contributed by atoms with van der Waals surface area (Å²) in [6, 6.07) is 10.5. The molecule has 28 heavy (non-hydrogen) atoms. The molecule has 0 spiro atoms. The predicted molar refractivity (Wildman–Crippen MR) is 113 cm³/mol. The van der Waals surface area contributed by atoms with Crippen LogP contribution in [0.3, 0.4) is 0 Å². The van der Waals surface area contributed by atoms with E-state index < -0.39 is 0 Å². The summed E-state index contributed by atoms with van der Waals surface area (Å²) >= 11 is 1.51. The molecule has 0 bridgehead atoms. The fourth-order valence-electron chi connectivity index (χ4n) is 3.22. The van der Waals surface area contributed by atoms with E-state index in [9.17, 15) is 4.79 Å². The fraction of sp³-hybridized carbons (Fsp3) is 0.429. The maximum Gasteiger partial charge on any atom is 0.273 e. The van der Waals surface area contributed by atoms with Gasteiger partial charge in [0.05, 0.1) is 18.9 Å². The number of ether oxygens (including phenoxy) is 2. The second-order valence-corrected chi connectivity index (χ2v) is 7.41. The van der Waals surface area contributed by atoms with Gasteiger partial charge in [0.2, 0.25) is 0 Å². The van der Waals surface area contributed by atoms with Gasteiger partial charge in [0.15, 0.2) is 0 Å². The maximum absolute atomic E-state index is 12.9. The summed E-state index contributed by atoms with van der Waals surface area (Å²) in [5, 5.41) is 3.90. The number of para-hydroxylation sites is 1. The number of methoxy groups -OCH3 is 2. The highest BCUT2D eigenvalue weighted by Crippen LogP contribution is 2.31. The number of nitrogens with zero attached hydrogens (tertiary/aromatic N) is 3. The summed E-state index contributed by atoms with van der Waals surface area (Å²) in [5.74, 6) is -0.0882. The molecule has 2 heterocycles. The Morgan fingerprint density at radius 1 is 1.18 bits per heavy atom. The van der Waals surface area contributed by atoms with E-state index in [1.54, 1.807) is 19.1 Å². The quantitative estimate of drug-likeness (QED) is 0.517. The van der Waals surface area contributed by atoms with Gasteiger partial charge in [-0.1, -0.05) is 25.1 Å². The Kier molecular flexibility index (Phi) is 7.19. The number of carbonyl (C=O) groups excluding carboxylic acids is 1. The zero-order chi connectivity index (χ0) is 19.9. The molecule has 0 aliphatic heterocycles. The Bertz CT molecular complexity index is 911. The fourth-order valence-corrected chi connectivity index (χ4v) is 4.04. The van der Waals surface area contributed by atoms with Crippen molar-refractivity contribution in [3.05, 3.63) is 41.4 Å². The minimum Gasteiger partial charge on any atom is -0.383 e. The van der Waals surface area contributed by atoms with Crippen molar-refractivity contribution in [2.75, 3.05) is 40.5 Å². The van der Waals surface area contributed by atoms with Crippen molar-refractivity contribution in [2.45, 2.75) is 19.9 Å². The molecule has 6 nitrogen and oxygen atoms in total. The number of carbonyl (C=O) groups is 1. The zero-order valence-corrected chi connectivity index (χ0v) is 17.5. The van der Waals surface area contributed by atoms with Crippen molar-refractivity contribution in [3.63, 3.8) is 0 Å². The number of rotatable bonds is 10. The second-order valence-electron chi connectivity index (χ2n) is 6.56. The lowest BCUT2D eigenvalue weighted by Gasteiger charge is -2.20. The third-order valence-corrected chi connectivity index (χ3v) is 5.48. The maximum atomic E-state index is 12.9. The van der Waals surface area contributed by atoms with E-state index in [-0.39, 0.29) is 5.91 Å². The average Bonchev–Trinajstić information content (AvgIpc) is 3.33. The zero-order valence-electron chi connectivity index (χ0n) is 16.7.